The lowest BCUT2D eigenvalue weighted by Gasteiger charge is -2.20. The van der Waals surface area contributed by atoms with Crippen LogP contribution in [0.1, 0.15) is 38.8 Å². The van der Waals surface area contributed by atoms with Gasteiger partial charge in [0.25, 0.3) is 0 Å². The smallest absolute Gasteiger partial charge is 0.336 e. The number of aromatic nitrogens is 4. The average Bonchev–Trinajstić information content (AvgIpc) is 2.93. The molecule has 24 heavy (non-hydrogen) atoms. The lowest BCUT2D eigenvalue weighted by molar-refractivity contribution is -0.123. The van der Waals surface area contributed by atoms with Gasteiger partial charge in [0.1, 0.15) is 5.78 Å². The number of nitrogen functional groups attached to an aromatic ring is 1. The van der Waals surface area contributed by atoms with Crippen molar-refractivity contribution in [2.45, 2.75) is 45.6 Å². The number of anilines is 1. The number of ketones is 1. The predicted octanol–water partition coefficient (Wildman–Crippen LogP) is 0.995. The van der Waals surface area contributed by atoms with Crippen LogP contribution < -0.4 is 15.8 Å². The predicted molar refractivity (Wildman–Crippen MR) is 89.9 cm³/mol. The number of carbonyl (C=O) groups is 1. The average molecular weight is 332 g/mol. The van der Waals surface area contributed by atoms with Crippen LogP contribution in [0.3, 0.4) is 0 Å². The number of fused-ring (bicyclic) bond motifs is 1. The topological polar surface area (TPSA) is 107 Å². The highest BCUT2D eigenvalue weighted by atomic mass is 16.5. The molecule has 2 aromatic rings. The fourth-order valence-electron chi connectivity index (χ4n) is 3.02. The van der Waals surface area contributed by atoms with Gasteiger partial charge < -0.3 is 15.8 Å². The Morgan fingerprint density at radius 1 is 1.54 bits per heavy atom. The Bertz CT molecular complexity index is 729. The van der Waals surface area contributed by atoms with Gasteiger partial charge in [-0.2, -0.15) is 4.98 Å². The first-order valence-corrected chi connectivity index (χ1v) is 8.48. The molecule has 1 aliphatic rings. The van der Waals surface area contributed by atoms with Crippen molar-refractivity contribution >= 4 is 17.2 Å². The van der Waals surface area contributed by atoms with Crippen LogP contribution in [0.25, 0.3) is 5.65 Å². The van der Waals surface area contributed by atoms with E-state index in [9.17, 15) is 4.79 Å². The summed E-state index contributed by atoms with van der Waals surface area (Å²) < 4.78 is 7.41. The number of carbonyl (C=O) groups excluding carboxylic acids is 1. The zero-order valence-corrected chi connectivity index (χ0v) is 14.2. The van der Waals surface area contributed by atoms with E-state index in [4.69, 9.17) is 10.5 Å². The van der Waals surface area contributed by atoms with E-state index in [-0.39, 0.29) is 29.6 Å². The van der Waals surface area contributed by atoms with E-state index in [0.29, 0.717) is 18.6 Å². The van der Waals surface area contributed by atoms with Crippen molar-refractivity contribution in [3.05, 3.63) is 11.9 Å². The van der Waals surface area contributed by atoms with Crippen LogP contribution in [0.15, 0.2) is 6.20 Å². The molecule has 130 valence electrons. The Balaban J connectivity index is 1.86. The van der Waals surface area contributed by atoms with Crippen LogP contribution >= 0.6 is 0 Å². The second-order valence-corrected chi connectivity index (χ2v) is 6.31. The maximum Gasteiger partial charge on any atom is 0.336 e. The second kappa shape index (κ2) is 7.12. The van der Waals surface area contributed by atoms with Gasteiger partial charge in [0.05, 0.1) is 24.5 Å². The molecule has 0 spiro atoms. The third-order valence-electron chi connectivity index (χ3n) is 4.32. The number of hydrogen-bond donors (Lipinski definition) is 2. The fraction of sp³-hybridized carbons (Fsp3) is 0.625. The summed E-state index contributed by atoms with van der Waals surface area (Å²) >= 11 is 0. The molecular weight excluding hydrogens is 308 g/mol. The van der Waals surface area contributed by atoms with Crippen molar-refractivity contribution < 1.29 is 9.53 Å². The summed E-state index contributed by atoms with van der Waals surface area (Å²) in [6.07, 6.45) is 5.10. The molecule has 0 radical (unpaired) electrons. The first kappa shape index (κ1) is 16.6. The second-order valence-electron chi connectivity index (χ2n) is 6.31. The van der Waals surface area contributed by atoms with Crippen LogP contribution in [0.4, 0.5) is 5.82 Å². The summed E-state index contributed by atoms with van der Waals surface area (Å²) in [6, 6.07) is 0.247. The van der Waals surface area contributed by atoms with Gasteiger partial charge in [0.2, 0.25) is 0 Å². The SMILES string of the molecule is CCC[C@H](C)Oc1nc(N)c2ncc(CC3CCNCC3=O)n2n1. The minimum Gasteiger partial charge on any atom is -0.459 e. The molecule has 0 aromatic carbocycles. The molecule has 1 fully saturated rings. The summed E-state index contributed by atoms with van der Waals surface area (Å²) in [5.41, 5.74) is 7.34. The monoisotopic (exact) mass is 332 g/mol. The van der Waals surface area contributed by atoms with Crippen LogP contribution in [-0.4, -0.2) is 44.6 Å². The van der Waals surface area contributed by atoms with Crippen LogP contribution in [0.2, 0.25) is 0 Å². The number of nitrogens with one attached hydrogen (secondary N) is 1. The van der Waals surface area contributed by atoms with E-state index in [0.717, 1.165) is 31.5 Å². The Morgan fingerprint density at radius 3 is 3.12 bits per heavy atom. The van der Waals surface area contributed by atoms with Crippen molar-refractivity contribution in [3.63, 3.8) is 0 Å². The molecule has 1 saturated heterocycles. The molecule has 0 bridgehead atoms. The number of rotatable bonds is 6. The summed E-state index contributed by atoms with van der Waals surface area (Å²) in [4.78, 5) is 20.5. The number of Topliss-reactive ketones (excluding diaryl/α,β-unsaturated/α-hetero) is 1. The quantitative estimate of drug-likeness (QED) is 0.812. The summed E-state index contributed by atoms with van der Waals surface area (Å²) in [6.45, 7) is 5.37. The zero-order chi connectivity index (χ0) is 17.1. The molecule has 8 heteroatoms. The van der Waals surface area contributed by atoms with E-state index in [1.54, 1.807) is 10.7 Å². The molecule has 1 aliphatic heterocycles. The molecule has 0 amide bonds. The minimum atomic E-state index is -0.00859. The summed E-state index contributed by atoms with van der Waals surface area (Å²) in [7, 11) is 0. The van der Waals surface area contributed by atoms with E-state index in [2.05, 4.69) is 27.3 Å². The van der Waals surface area contributed by atoms with Gasteiger partial charge in [-0.15, -0.1) is 5.10 Å². The van der Waals surface area contributed by atoms with Gasteiger partial charge in [-0.25, -0.2) is 9.50 Å². The molecule has 8 nitrogen and oxygen atoms in total. The first-order valence-electron chi connectivity index (χ1n) is 8.48. The molecule has 3 N–H and O–H groups in total. The highest BCUT2D eigenvalue weighted by molar-refractivity contribution is 5.83. The molecule has 2 atom stereocenters. The van der Waals surface area contributed by atoms with Crippen LogP contribution in [0, 0.1) is 5.92 Å². The van der Waals surface area contributed by atoms with E-state index < -0.39 is 0 Å². The minimum absolute atomic E-state index is 0.00859. The summed E-state index contributed by atoms with van der Waals surface area (Å²) in [5.74, 6) is 0.503. The number of hydrogen-bond acceptors (Lipinski definition) is 7. The highest BCUT2D eigenvalue weighted by Crippen LogP contribution is 2.20. The van der Waals surface area contributed by atoms with Crippen molar-refractivity contribution in [1.82, 2.24) is 24.9 Å². The summed E-state index contributed by atoms with van der Waals surface area (Å²) in [5, 5.41) is 7.52. The van der Waals surface area contributed by atoms with Crippen molar-refractivity contribution in [1.29, 1.82) is 0 Å². The molecule has 3 rings (SSSR count). The van der Waals surface area contributed by atoms with Gasteiger partial charge in [0, 0.05) is 12.3 Å². The maximum atomic E-state index is 12.0. The van der Waals surface area contributed by atoms with Crippen molar-refractivity contribution in [2.75, 3.05) is 18.8 Å². The standard InChI is InChI=1S/C16H24N6O2/c1-3-4-10(2)24-16-20-14(17)15-19-8-12(22(15)21-16)7-11-5-6-18-9-13(11)23/h8,10-11,18H,3-7,9H2,1-2H3,(H2,17,20,21)/t10-,11?/m0/s1. The highest BCUT2D eigenvalue weighted by Gasteiger charge is 2.24. The zero-order valence-electron chi connectivity index (χ0n) is 14.2. The maximum absolute atomic E-state index is 12.0. The Hall–Kier alpha value is -2.22. The van der Waals surface area contributed by atoms with E-state index in [1.807, 2.05) is 6.92 Å². The van der Waals surface area contributed by atoms with Gasteiger partial charge in [-0.3, -0.25) is 4.79 Å². The molecular formula is C16H24N6O2. The van der Waals surface area contributed by atoms with E-state index >= 15 is 0 Å². The van der Waals surface area contributed by atoms with Crippen molar-refractivity contribution in [2.24, 2.45) is 5.92 Å². The molecule has 0 aliphatic carbocycles. The number of piperidine rings is 1. The third-order valence-corrected chi connectivity index (χ3v) is 4.32. The van der Waals surface area contributed by atoms with Crippen LogP contribution in [-0.2, 0) is 11.2 Å². The third kappa shape index (κ3) is 3.48. The normalized spacial score (nSPS) is 19.6. The number of nitrogens with zero attached hydrogens (tertiary/aromatic N) is 4. The molecule has 1 unspecified atom stereocenters. The largest absolute Gasteiger partial charge is 0.459 e. The molecule has 0 saturated carbocycles. The number of ether oxygens (including phenoxy) is 1. The fourth-order valence-corrected chi connectivity index (χ4v) is 3.02. The molecule has 2 aromatic heterocycles. The lowest BCUT2D eigenvalue weighted by atomic mass is 9.92. The van der Waals surface area contributed by atoms with Gasteiger partial charge in [0.15, 0.2) is 11.5 Å². The Kier molecular flexibility index (Phi) is 4.94. The number of imidazole rings is 1. The molecule has 3 heterocycles. The van der Waals surface area contributed by atoms with Gasteiger partial charge in [-0.1, -0.05) is 13.3 Å². The Morgan fingerprint density at radius 2 is 2.38 bits per heavy atom. The number of nitrogens with two attached hydrogens (primary N) is 1. The Labute approximate surface area is 140 Å². The first-order chi connectivity index (χ1) is 11.6. The van der Waals surface area contributed by atoms with E-state index in [1.165, 1.54) is 0 Å². The lowest BCUT2D eigenvalue weighted by Crippen LogP contribution is -2.37. The van der Waals surface area contributed by atoms with Crippen molar-refractivity contribution in [3.8, 4) is 6.01 Å². The van der Waals surface area contributed by atoms with Gasteiger partial charge >= 0.3 is 6.01 Å². The van der Waals surface area contributed by atoms with Gasteiger partial charge in [-0.05, 0) is 26.3 Å². The van der Waals surface area contributed by atoms with Crippen LogP contribution in [0.5, 0.6) is 6.01 Å².